The first kappa shape index (κ1) is 21.6. The maximum absolute atomic E-state index is 11.4. The van der Waals surface area contributed by atoms with Crippen LogP contribution in [-0.4, -0.2) is 57.3 Å². The Morgan fingerprint density at radius 2 is 1.77 bits per heavy atom. The van der Waals surface area contributed by atoms with Gasteiger partial charge >= 0.3 is 5.97 Å². The van der Waals surface area contributed by atoms with E-state index in [1.165, 1.54) is 6.92 Å². The summed E-state index contributed by atoms with van der Waals surface area (Å²) in [5.41, 5.74) is -0.935. The molecular weight excluding hydrogens is 340 g/mol. The van der Waals surface area contributed by atoms with Crippen LogP contribution in [0.15, 0.2) is 0 Å². The largest absolute Gasteiger partial charge is 0.481 e. The number of carboxylic acids is 1. The molecule has 0 aromatic carbocycles. The zero-order valence-electron chi connectivity index (χ0n) is 16.2. The van der Waals surface area contributed by atoms with Crippen LogP contribution in [0.2, 0.25) is 0 Å². The van der Waals surface area contributed by atoms with Gasteiger partial charge in [-0.05, 0) is 56.8 Å². The Hall–Kier alpha value is -0.730. The lowest BCUT2D eigenvalue weighted by Gasteiger charge is -2.55. The van der Waals surface area contributed by atoms with Crippen molar-refractivity contribution in [3.05, 3.63) is 0 Å². The second-order valence-corrected chi connectivity index (χ2v) is 8.55. The summed E-state index contributed by atoms with van der Waals surface area (Å²) in [6.45, 7) is 7.80. The molecule has 3 aliphatic rings. The van der Waals surface area contributed by atoms with E-state index in [1.54, 1.807) is 6.92 Å². The lowest BCUT2D eigenvalue weighted by atomic mass is 9.58. The number of hydrogen-bond donors (Lipinski definition) is 4. The molecule has 1 saturated carbocycles. The third-order valence-corrected chi connectivity index (χ3v) is 6.36. The van der Waals surface area contributed by atoms with Crippen molar-refractivity contribution in [1.82, 2.24) is 0 Å². The van der Waals surface area contributed by atoms with E-state index in [1.807, 2.05) is 0 Å². The first-order valence-corrected chi connectivity index (χ1v) is 9.60. The quantitative estimate of drug-likeness (QED) is 0.580. The molecular formula is C19H34O7. The number of aliphatic hydroxyl groups excluding tert-OH is 1. The highest BCUT2D eigenvalue weighted by atomic mass is 16.7. The molecule has 7 heteroatoms. The molecule has 2 saturated heterocycles. The van der Waals surface area contributed by atoms with Gasteiger partial charge in [0.15, 0.2) is 12.1 Å². The predicted octanol–water partition coefficient (Wildman–Crippen LogP) is 1.59. The lowest BCUT2D eigenvalue weighted by molar-refractivity contribution is -0.363. The van der Waals surface area contributed by atoms with Gasteiger partial charge < -0.3 is 29.9 Å². The average molecular weight is 374 g/mol. The summed E-state index contributed by atoms with van der Waals surface area (Å²) in [6, 6.07) is 0. The predicted molar refractivity (Wildman–Crippen MR) is 94.1 cm³/mol. The van der Waals surface area contributed by atoms with Gasteiger partial charge in [-0.15, -0.1) is 0 Å². The minimum Gasteiger partial charge on any atom is -0.481 e. The zero-order valence-corrected chi connectivity index (χ0v) is 16.2. The molecule has 8 atom stereocenters. The maximum Gasteiger partial charge on any atom is 0.308 e. The number of hydrogen-bond acceptors (Lipinski definition) is 6. The minimum atomic E-state index is -1.19. The van der Waals surface area contributed by atoms with Crippen molar-refractivity contribution in [1.29, 1.82) is 0 Å². The normalized spacial score (nSPS) is 46.2. The SMILES string of the molecule is CC(CO)C(=O)O.CC1CCC2[C@@H](C)CO[C@@H]3OC(C)(O)CCC1C23O. The van der Waals surface area contributed by atoms with Crippen LogP contribution < -0.4 is 0 Å². The maximum atomic E-state index is 11.4. The molecule has 3 fully saturated rings. The molecule has 26 heavy (non-hydrogen) atoms. The third kappa shape index (κ3) is 4.22. The Morgan fingerprint density at radius 3 is 2.31 bits per heavy atom. The van der Waals surface area contributed by atoms with Crippen molar-refractivity contribution in [2.75, 3.05) is 13.2 Å². The summed E-state index contributed by atoms with van der Waals surface area (Å²) in [6.07, 6.45) is 2.86. The number of aliphatic carboxylic acids is 1. The van der Waals surface area contributed by atoms with Crippen LogP contribution in [0.25, 0.3) is 0 Å². The van der Waals surface area contributed by atoms with Gasteiger partial charge in [-0.2, -0.15) is 0 Å². The molecule has 2 heterocycles. The molecule has 3 rings (SSSR count). The fraction of sp³-hybridized carbons (Fsp3) is 0.947. The van der Waals surface area contributed by atoms with Crippen molar-refractivity contribution in [3.63, 3.8) is 0 Å². The van der Waals surface area contributed by atoms with Crippen LogP contribution >= 0.6 is 0 Å². The second-order valence-electron chi connectivity index (χ2n) is 8.55. The van der Waals surface area contributed by atoms with Gasteiger partial charge in [0.2, 0.25) is 0 Å². The number of rotatable bonds is 2. The van der Waals surface area contributed by atoms with Crippen LogP contribution in [0.4, 0.5) is 0 Å². The van der Waals surface area contributed by atoms with E-state index in [0.29, 0.717) is 24.9 Å². The second kappa shape index (κ2) is 8.10. The van der Waals surface area contributed by atoms with E-state index in [2.05, 4.69) is 13.8 Å². The molecule has 152 valence electrons. The summed E-state index contributed by atoms with van der Waals surface area (Å²) < 4.78 is 11.5. The van der Waals surface area contributed by atoms with Crippen molar-refractivity contribution >= 4 is 5.97 Å². The topological polar surface area (TPSA) is 116 Å². The summed E-state index contributed by atoms with van der Waals surface area (Å²) in [4.78, 5) is 9.77. The lowest BCUT2D eigenvalue weighted by Crippen LogP contribution is -2.64. The number of aliphatic hydroxyl groups is 3. The van der Waals surface area contributed by atoms with E-state index in [-0.39, 0.29) is 18.4 Å². The monoisotopic (exact) mass is 374 g/mol. The van der Waals surface area contributed by atoms with Crippen LogP contribution in [0.1, 0.15) is 53.4 Å². The highest BCUT2D eigenvalue weighted by Gasteiger charge is 2.61. The molecule has 0 aromatic rings. The Morgan fingerprint density at radius 1 is 1.15 bits per heavy atom. The Labute approximate surface area is 155 Å². The van der Waals surface area contributed by atoms with Crippen LogP contribution in [-0.2, 0) is 14.3 Å². The fourth-order valence-electron chi connectivity index (χ4n) is 4.62. The molecule has 0 amide bonds. The molecule has 1 aliphatic carbocycles. The average Bonchev–Trinajstić information content (AvgIpc) is 2.66. The molecule has 0 aromatic heterocycles. The Balaban J connectivity index is 0.000000298. The van der Waals surface area contributed by atoms with E-state index in [0.717, 1.165) is 19.3 Å². The first-order valence-electron chi connectivity index (χ1n) is 9.60. The summed E-state index contributed by atoms with van der Waals surface area (Å²) >= 11 is 0. The summed E-state index contributed by atoms with van der Waals surface area (Å²) in [5, 5.41) is 37.8. The smallest absolute Gasteiger partial charge is 0.308 e. The summed E-state index contributed by atoms with van der Waals surface area (Å²) in [7, 11) is 0. The number of carbonyl (C=O) groups is 1. The highest BCUT2D eigenvalue weighted by Crippen LogP contribution is 2.54. The van der Waals surface area contributed by atoms with Gasteiger partial charge in [0.1, 0.15) is 5.60 Å². The number of ether oxygens (including phenoxy) is 2. The van der Waals surface area contributed by atoms with Crippen LogP contribution in [0.5, 0.6) is 0 Å². The molecule has 0 radical (unpaired) electrons. The minimum absolute atomic E-state index is 0.160. The zero-order chi connectivity index (χ0) is 19.7. The third-order valence-electron chi connectivity index (χ3n) is 6.36. The van der Waals surface area contributed by atoms with Gasteiger partial charge in [-0.25, -0.2) is 0 Å². The molecule has 0 spiro atoms. The Kier molecular flexibility index (Phi) is 6.72. The first-order chi connectivity index (χ1) is 12.0. The molecule has 4 N–H and O–H groups in total. The summed E-state index contributed by atoms with van der Waals surface area (Å²) in [5.74, 6) is -1.59. The molecule has 6 unspecified atom stereocenters. The van der Waals surface area contributed by atoms with E-state index in [4.69, 9.17) is 19.7 Å². The fourth-order valence-corrected chi connectivity index (χ4v) is 4.62. The molecule has 0 bridgehead atoms. The standard InChI is InChI=1S/C15H26O4.C4H8O3/c1-9-4-5-11-10(2)8-18-13-15(11,17)12(9)6-7-14(3,16)19-13;1-3(2-5)4(6)7/h9-13,16-17H,4-8H2,1-3H3;3,5H,2H2,1H3,(H,6,7)/t9?,10-,11?,12?,13+,14?,15?;/m0./s1. The van der Waals surface area contributed by atoms with Gasteiger partial charge in [-0.3, -0.25) is 4.79 Å². The van der Waals surface area contributed by atoms with Crippen LogP contribution in [0, 0.1) is 29.6 Å². The highest BCUT2D eigenvalue weighted by molar-refractivity contribution is 5.69. The molecule has 2 aliphatic heterocycles. The Bertz CT molecular complexity index is 494. The van der Waals surface area contributed by atoms with Gasteiger partial charge in [0.05, 0.1) is 19.1 Å². The van der Waals surface area contributed by atoms with Crippen molar-refractivity contribution in [3.8, 4) is 0 Å². The van der Waals surface area contributed by atoms with Crippen LogP contribution in [0.3, 0.4) is 0 Å². The van der Waals surface area contributed by atoms with E-state index < -0.39 is 29.6 Å². The number of carboxylic acid groups (broad SMARTS) is 1. The van der Waals surface area contributed by atoms with Gasteiger partial charge in [0.25, 0.3) is 0 Å². The molecule has 7 nitrogen and oxygen atoms in total. The van der Waals surface area contributed by atoms with Crippen molar-refractivity contribution < 1.29 is 34.7 Å². The van der Waals surface area contributed by atoms with Gasteiger partial charge in [0, 0.05) is 6.42 Å². The van der Waals surface area contributed by atoms with Gasteiger partial charge in [-0.1, -0.05) is 13.8 Å². The van der Waals surface area contributed by atoms with Crippen molar-refractivity contribution in [2.24, 2.45) is 29.6 Å². The van der Waals surface area contributed by atoms with E-state index in [9.17, 15) is 15.0 Å². The van der Waals surface area contributed by atoms with E-state index >= 15 is 0 Å². The van der Waals surface area contributed by atoms with Crippen molar-refractivity contribution in [2.45, 2.75) is 71.1 Å².